The molecule has 1 unspecified atom stereocenters. The number of nitrogens with zero attached hydrogens (tertiary/aromatic N) is 2. The maximum atomic E-state index is 13.4. The second-order valence-corrected chi connectivity index (χ2v) is 6.87. The Labute approximate surface area is 154 Å². The van der Waals surface area contributed by atoms with Gasteiger partial charge in [-0.2, -0.15) is 4.57 Å². The number of aryl methyl sites for hydroxylation is 2. The Balaban J connectivity index is 1.75. The Hall–Kier alpha value is -2.94. The number of aromatic nitrogens is 1. The molecule has 4 rings (SSSR count). The van der Waals surface area contributed by atoms with Gasteiger partial charge >= 0.3 is 0 Å². The molecule has 0 radical (unpaired) electrons. The van der Waals surface area contributed by atoms with Gasteiger partial charge in [-0.15, -0.1) is 0 Å². The lowest BCUT2D eigenvalue weighted by atomic mass is 9.94. The summed E-state index contributed by atoms with van der Waals surface area (Å²) in [5, 5.41) is 0. The fraction of sp³-hybridized carbons (Fsp3) is 0.217. The maximum absolute atomic E-state index is 13.4. The van der Waals surface area contributed by atoms with Crippen molar-refractivity contribution in [3.8, 4) is 11.3 Å². The minimum absolute atomic E-state index is 0.0170. The molecule has 2 heterocycles. The van der Waals surface area contributed by atoms with Gasteiger partial charge in [0.25, 0.3) is 5.91 Å². The van der Waals surface area contributed by atoms with E-state index in [1.54, 1.807) is 0 Å². The molecule has 3 heteroatoms. The minimum Gasteiger partial charge on any atom is -0.335 e. The molecule has 26 heavy (non-hydrogen) atoms. The molecule has 1 aliphatic heterocycles. The predicted molar refractivity (Wildman–Crippen MR) is 103 cm³/mol. The van der Waals surface area contributed by atoms with Gasteiger partial charge in [0.15, 0.2) is 12.7 Å². The van der Waals surface area contributed by atoms with Crippen LogP contribution in [0.15, 0.2) is 72.9 Å². The predicted octanol–water partition coefficient (Wildman–Crippen LogP) is 4.03. The van der Waals surface area contributed by atoms with Crippen LogP contribution in [0.4, 0.5) is 0 Å². The summed E-state index contributed by atoms with van der Waals surface area (Å²) in [5.41, 5.74) is 5.42. The standard InChI is InChI=1S/C23H23N2O/c1-17(18-9-4-3-5-10-18)24(2)23(26)21-13-8-15-25-16-14-19-11-6-7-12-20(19)22(21)25/h3-13,15,17H,14,16H2,1-2H3/q+1. The van der Waals surface area contributed by atoms with Crippen LogP contribution in [-0.2, 0) is 13.0 Å². The third kappa shape index (κ3) is 2.80. The summed E-state index contributed by atoms with van der Waals surface area (Å²) >= 11 is 0. The van der Waals surface area contributed by atoms with Gasteiger partial charge in [0.05, 0.1) is 11.6 Å². The van der Waals surface area contributed by atoms with Gasteiger partial charge < -0.3 is 4.90 Å². The summed E-state index contributed by atoms with van der Waals surface area (Å²) in [7, 11) is 1.89. The van der Waals surface area contributed by atoms with E-state index in [1.165, 1.54) is 11.1 Å². The molecular formula is C23H23N2O+. The lowest BCUT2D eigenvalue weighted by Crippen LogP contribution is -2.42. The number of carbonyl (C=O) groups is 1. The van der Waals surface area contributed by atoms with E-state index in [9.17, 15) is 4.79 Å². The van der Waals surface area contributed by atoms with Gasteiger partial charge in [0.2, 0.25) is 5.69 Å². The van der Waals surface area contributed by atoms with Crippen LogP contribution < -0.4 is 4.57 Å². The monoisotopic (exact) mass is 343 g/mol. The van der Waals surface area contributed by atoms with Crippen molar-refractivity contribution >= 4 is 5.91 Å². The Bertz CT molecular complexity index is 949. The quantitative estimate of drug-likeness (QED) is 0.659. The Morgan fingerprint density at radius 1 is 1.00 bits per heavy atom. The van der Waals surface area contributed by atoms with Gasteiger partial charge in [-0.25, -0.2) is 0 Å². The van der Waals surface area contributed by atoms with Crippen LogP contribution in [0.1, 0.15) is 34.5 Å². The van der Waals surface area contributed by atoms with E-state index < -0.39 is 0 Å². The third-order valence-electron chi connectivity index (χ3n) is 5.38. The van der Waals surface area contributed by atoms with Crippen LogP contribution in [0.2, 0.25) is 0 Å². The summed E-state index contributed by atoms with van der Waals surface area (Å²) in [6.07, 6.45) is 3.07. The topological polar surface area (TPSA) is 24.2 Å². The van der Waals surface area contributed by atoms with Crippen molar-refractivity contribution in [2.45, 2.75) is 25.9 Å². The average molecular weight is 343 g/mol. The Kier molecular flexibility index (Phi) is 4.29. The first-order valence-electron chi connectivity index (χ1n) is 9.09. The molecule has 0 spiro atoms. The highest BCUT2D eigenvalue weighted by atomic mass is 16.2. The smallest absolute Gasteiger partial charge is 0.260 e. The van der Waals surface area contributed by atoms with Crippen molar-refractivity contribution in [2.75, 3.05) is 7.05 Å². The lowest BCUT2D eigenvalue weighted by Gasteiger charge is -2.26. The van der Waals surface area contributed by atoms with Crippen LogP contribution in [0, 0.1) is 0 Å². The van der Waals surface area contributed by atoms with Gasteiger partial charge in [0.1, 0.15) is 5.56 Å². The molecule has 0 N–H and O–H groups in total. The number of rotatable bonds is 3. The Morgan fingerprint density at radius 2 is 1.73 bits per heavy atom. The Morgan fingerprint density at radius 3 is 2.54 bits per heavy atom. The first kappa shape index (κ1) is 16.5. The highest BCUT2D eigenvalue weighted by Gasteiger charge is 2.31. The number of benzene rings is 2. The van der Waals surface area contributed by atoms with Gasteiger partial charge in [-0.1, -0.05) is 48.5 Å². The summed E-state index contributed by atoms with van der Waals surface area (Å²) in [6.45, 7) is 2.98. The van der Waals surface area contributed by atoms with Crippen LogP contribution in [0.25, 0.3) is 11.3 Å². The first-order valence-corrected chi connectivity index (χ1v) is 9.09. The fourth-order valence-corrected chi connectivity index (χ4v) is 3.74. The largest absolute Gasteiger partial charge is 0.335 e. The molecule has 1 aliphatic rings. The molecule has 1 amide bonds. The molecule has 0 fully saturated rings. The van der Waals surface area contributed by atoms with E-state index in [0.717, 1.165) is 29.8 Å². The van der Waals surface area contributed by atoms with E-state index >= 15 is 0 Å². The molecule has 0 saturated heterocycles. The van der Waals surface area contributed by atoms with Crippen molar-refractivity contribution in [3.05, 3.63) is 89.6 Å². The van der Waals surface area contributed by atoms with Crippen molar-refractivity contribution in [1.29, 1.82) is 0 Å². The van der Waals surface area contributed by atoms with E-state index in [1.807, 2.05) is 48.3 Å². The lowest BCUT2D eigenvalue weighted by molar-refractivity contribution is -0.687. The highest BCUT2D eigenvalue weighted by molar-refractivity contribution is 5.99. The molecule has 1 atom stereocenters. The number of hydrogen-bond acceptors (Lipinski definition) is 1. The van der Waals surface area contributed by atoms with Gasteiger partial charge in [0, 0.05) is 19.5 Å². The van der Waals surface area contributed by atoms with Crippen molar-refractivity contribution in [3.63, 3.8) is 0 Å². The van der Waals surface area contributed by atoms with E-state index in [2.05, 4.69) is 48.0 Å². The number of carbonyl (C=O) groups excluding carboxylic acids is 1. The zero-order chi connectivity index (χ0) is 18.1. The van der Waals surface area contributed by atoms with Crippen LogP contribution >= 0.6 is 0 Å². The maximum Gasteiger partial charge on any atom is 0.260 e. The zero-order valence-corrected chi connectivity index (χ0v) is 15.2. The number of pyridine rings is 1. The molecule has 3 nitrogen and oxygen atoms in total. The minimum atomic E-state index is 0.0170. The number of amides is 1. The zero-order valence-electron chi connectivity index (χ0n) is 15.2. The van der Waals surface area contributed by atoms with Crippen LogP contribution in [0.5, 0.6) is 0 Å². The van der Waals surface area contributed by atoms with Crippen molar-refractivity contribution < 1.29 is 9.36 Å². The fourth-order valence-electron chi connectivity index (χ4n) is 3.74. The van der Waals surface area contributed by atoms with Crippen molar-refractivity contribution in [1.82, 2.24) is 4.90 Å². The van der Waals surface area contributed by atoms with E-state index in [0.29, 0.717) is 0 Å². The summed E-state index contributed by atoms with van der Waals surface area (Å²) in [6, 6.07) is 22.5. The normalized spacial score (nSPS) is 13.5. The van der Waals surface area contributed by atoms with Gasteiger partial charge in [-0.05, 0) is 30.2 Å². The van der Waals surface area contributed by atoms with Crippen molar-refractivity contribution in [2.24, 2.45) is 0 Å². The molecule has 0 aliphatic carbocycles. The molecule has 1 aromatic heterocycles. The number of hydrogen-bond donors (Lipinski definition) is 0. The molecule has 130 valence electrons. The summed E-state index contributed by atoms with van der Waals surface area (Å²) < 4.78 is 2.20. The molecule has 0 bridgehead atoms. The van der Waals surface area contributed by atoms with Gasteiger partial charge in [-0.3, -0.25) is 4.79 Å². The first-order chi connectivity index (χ1) is 12.7. The average Bonchev–Trinajstić information content (AvgIpc) is 2.72. The number of fused-ring (bicyclic) bond motifs is 3. The van der Waals surface area contributed by atoms with Crippen LogP contribution in [0.3, 0.4) is 0 Å². The summed E-state index contributed by atoms with van der Waals surface area (Å²) in [4.78, 5) is 15.2. The summed E-state index contributed by atoms with van der Waals surface area (Å²) in [5.74, 6) is 0.0578. The highest BCUT2D eigenvalue weighted by Crippen LogP contribution is 2.29. The molecule has 2 aromatic carbocycles. The van der Waals surface area contributed by atoms with E-state index in [-0.39, 0.29) is 11.9 Å². The SMILES string of the molecule is CC(c1ccccc1)N(C)C(=O)c1ccc[n+]2c1-c1ccccc1CC2. The second-order valence-electron chi connectivity index (χ2n) is 6.87. The second kappa shape index (κ2) is 6.75. The third-order valence-corrected chi connectivity index (χ3v) is 5.38. The van der Waals surface area contributed by atoms with Crippen LogP contribution in [-0.4, -0.2) is 17.9 Å². The molecular weight excluding hydrogens is 320 g/mol. The molecule has 3 aromatic rings. The van der Waals surface area contributed by atoms with E-state index in [4.69, 9.17) is 0 Å². The molecule has 0 saturated carbocycles.